The van der Waals surface area contributed by atoms with Gasteiger partial charge >= 0.3 is 0 Å². The van der Waals surface area contributed by atoms with Crippen LogP contribution in [0.4, 0.5) is 11.6 Å². The Kier molecular flexibility index (Phi) is 5.00. The maximum Gasteiger partial charge on any atom is 0.241 e. The minimum absolute atomic E-state index is 0.159. The van der Waals surface area contributed by atoms with Crippen molar-refractivity contribution >= 4 is 17.5 Å². The third-order valence-electron chi connectivity index (χ3n) is 6.57. The number of hydrogen-bond donors (Lipinski definition) is 0. The van der Waals surface area contributed by atoms with Gasteiger partial charge in [-0.05, 0) is 31.1 Å². The maximum absolute atomic E-state index is 12.0. The summed E-state index contributed by atoms with van der Waals surface area (Å²) in [5, 5.41) is 0. The van der Waals surface area contributed by atoms with Gasteiger partial charge in [0.1, 0.15) is 18.0 Å². The average Bonchev–Trinajstić information content (AvgIpc) is 2.89. The van der Waals surface area contributed by atoms with E-state index in [0.717, 1.165) is 37.8 Å². The van der Waals surface area contributed by atoms with Crippen LogP contribution in [-0.4, -0.2) is 60.5 Å². The Morgan fingerprint density at radius 3 is 2.31 bits per heavy atom. The van der Waals surface area contributed by atoms with E-state index in [4.69, 9.17) is 0 Å². The van der Waals surface area contributed by atoms with Crippen molar-refractivity contribution in [3.63, 3.8) is 0 Å². The minimum atomic E-state index is 0.159. The second kappa shape index (κ2) is 7.41. The van der Waals surface area contributed by atoms with Crippen molar-refractivity contribution < 1.29 is 4.79 Å². The average molecular weight is 358 g/mol. The molecule has 1 aromatic heterocycles. The van der Waals surface area contributed by atoms with Gasteiger partial charge in [-0.1, -0.05) is 25.7 Å². The molecule has 0 bridgehead atoms. The van der Waals surface area contributed by atoms with Crippen molar-refractivity contribution in [2.24, 2.45) is 5.41 Å². The van der Waals surface area contributed by atoms with Crippen LogP contribution in [0.3, 0.4) is 0 Å². The Balaban J connectivity index is 1.50. The van der Waals surface area contributed by atoms with Crippen LogP contribution in [0.25, 0.3) is 0 Å². The van der Waals surface area contributed by atoms with Crippen molar-refractivity contribution in [3.05, 3.63) is 12.4 Å². The molecule has 1 amide bonds. The lowest BCUT2D eigenvalue weighted by atomic mass is 9.74. The van der Waals surface area contributed by atoms with Crippen molar-refractivity contribution in [3.8, 4) is 0 Å². The van der Waals surface area contributed by atoms with Crippen LogP contribution in [-0.2, 0) is 4.79 Å². The van der Waals surface area contributed by atoms with Crippen LogP contribution in [0.1, 0.15) is 51.4 Å². The molecule has 3 aliphatic rings. The Morgan fingerprint density at radius 2 is 1.58 bits per heavy atom. The lowest BCUT2D eigenvalue weighted by Crippen LogP contribution is -2.49. The van der Waals surface area contributed by atoms with Gasteiger partial charge in [0.15, 0.2) is 0 Å². The van der Waals surface area contributed by atoms with Crippen LogP contribution >= 0.6 is 0 Å². The van der Waals surface area contributed by atoms with E-state index in [2.05, 4.69) is 25.8 Å². The van der Waals surface area contributed by atoms with Crippen LogP contribution in [0.15, 0.2) is 12.4 Å². The highest BCUT2D eigenvalue weighted by Crippen LogP contribution is 2.43. The van der Waals surface area contributed by atoms with E-state index in [1.165, 1.54) is 51.4 Å². The highest BCUT2D eigenvalue weighted by Gasteiger charge is 2.36. The number of rotatable bonds is 2. The molecule has 1 spiro atoms. The Labute approximate surface area is 156 Å². The molecule has 3 heterocycles. The molecular formula is C20H31N5O. The smallest absolute Gasteiger partial charge is 0.241 e. The molecule has 0 atom stereocenters. The van der Waals surface area contributed by atoms with E-state index in [0.29, 0.717) is 12.0 Å². The lowest BCUT2D eigenvalue weighted by molar-refractivity contribution is -0.129. The van der Waals surface area contributed by atoms with Crippen LogP contribution in [0.5, 0.6) is 0 Å². The zero-order valence-corrected chi connectivity index (χ0v) is 16.0. The topological polar surface area (TPSA) is 52.6 Å². The van der Waals surface area contributed by atoms with E-state index < -0.39 is 0 Å². The predicted octanol–water partition coefficient (Wildman–Crippen LogP) is 2.70. The number of amides is 1. The second-order valence-electron chi connectivity index (χ2n) is 8.41. The molecule has 2 aliphatic heterocycles. The van der Waals surface area contributed by atoms with Crippen LogP contribution < -0.4 is 9.80 Å². The Morgan fingerprint density at radius 1 is 0.885 bits per heavy atom. The molecule has 26 heavy (non-hydrogen) atoms. The first kappa shape index (κ1) is 17.6. The molecule has 6 nitrogen and oxygen atoms in total. The molecule has 1 aliphatic carbocycles. The van der Waals surface area contributed by atoms with Gasteiger partial charge in [0.05, 0.1) is 6.54 Å². The largest absolute Gasteiger partial charge is 0.356 e. The lowest BCUT2D eigenvalue weighted by Gasteiger charge is -2.43. The fourth-order valence-electron chi connectivity index (χ4n) is 4.93. The third-order valence-corrected chi connectivity index (χ3v) is 6.57. The Hall–Kier alpha value is -1.85. The van der Waals surface area contributed by atoms with Gasteiger partial charge in [0.25, 0.3) is 0 Å². The highest BCUT2D eigenvalue weighted by atomic mass is 16.2. The van der Waals surface area contributed by atoms with E-state index in [9.17, 15) is 4.79 Å². The first-order valence-electron chi connectivity index (χ1n) is 10.2. The molecule has 0 N–H and O–H groups in total. The molecule has 142 valence electrons. The number of likely N-dealkylation sites (N-methyl/N-ethyl adjacent to an activating group) is 1. The van der Waals surface area contributed by atoms with Crippen LogP contribution in [0, 0.1) is 5.41 Å². The number of aromatic nitrogens is 2. The standard InChI is InChI=1S/C20H31N5O/c1-23-11-12-24(14-19(23)26)17-13-18(22-16-21-17)25-10-6-9-20(15-25)7-4-2-3-5-8-20/h13,16H,2-12,14-15H2,1H3. The summed E-state index contributed by atoms with van der Waals surface area (Å²) in [5.41, 5.74) is 0.490. The molecule has 3 fully saturated rings. The van der Waals surface area contributed by atoms with Crippen molar-refractivity contribution in [2.45, 2.75) is 51.4 Å². The monoisotopic (exact) mass is 357 g/mol. The summed E-state index contributed by atoms with van der Waals surface area (Å²) >= 11 is 0. The maximum atomic E-state index is 12.0. The van der Waals surface area contributed by atoms with E-state index in [1.807, 2.05) is 7.05 Å². The van der Waals surface area contributed by atoms with E-state index in [1.54, 1.807) is 11.2 Å². The minimum Gasteiger partial charge on any atom is -0.356 e. The number of nitrogens with zero attached hydrogens (tertiary/aromatic N) is 5. The van der Waals surface area contributed by atoms with Gasteiger partial charge in [-0.2, -0.15) is 0 Å². The Bertz CT molecular complexity index is 641. The number of hydrogen-bond acceptors (Lipinski definition) is 5. The van der Waals surface area contributed by atoms with Gasteiger partial charge in [-0.25, -0.2) is 9.97 Å². The van der Waals surface area contributed by atoms with Crippen molar-refractivity contribution in [2.75, 3.05) is 49.6 Å². The molecular weight excluding hydrogens is 326 g/mol. The van der Waals surface area contributed by atoms with Crippen molar-refractivity contribution in [1.82, 2.24) is 14.9 Å². The van der Waals surface area contributed by atoms with E-state index >= 15 is 0 Å². The predicted molar refractivity (Wildman–Crippen MR) is 103 cm³/mol. The van der Waals surface area contributed by atoms with Gasteiger partial charge in [0.2, 0.25) is 5.91 Å². The molecule has 6 heteroatoms. The molecule has 4 rings (SSSR count). The summed E-state index contributed by atoms with van der Waals surface area (Å²) < 4.78 is 0. The van der Waals surface area contributed by atoms with E-state index in [-0.39, 0.29) is 5.91 Å². The summed E-state index contributed by atoms with van der Waals surface area (Å²) in [6.07, 6.45) is 12.6. The number of piperazine rings is 1. The molecule has 1 saturated carbocycles. The SMILES string of the molecule is CN1CCN(c2cc(N3CCCC4(CCCCCC4)C3)ncn2)CC1=O. The molecule has 0 radical (unpaired) electrons. The number of carbonyl (C=O) groups is 1. The fourth-order valence-corrected chi connectivity index (χ4v) is 4.93. The zero-order chi connectivity index (χ0) is 18.0. The summed E-state index contributed by atoms with van der Waals surface area (Å²) in [6, 6.07) is 2.09. The van der Waals surface area contributed by atoms with Gasteiger partial charge < -0.3 is 14.7 Å². The summed E-state index contributed by atoms with van der Waals surface area (Å²) in [4.78, 5) is 27.4. The first-order valence-corrected chi connectivity index (χ1v) is 10.2. The zero-order valence-electron chi connectivity index (χ0n) is 16.0. The van der Waals surface area contributed by atoms with Gasteiger partial charge in [-0.15, -0.1) is 0 Å². The molecule has 0 aromatic carbocycles. The molecule has 1 aromatic rings. The number of carbonyl (C=O) groups excluding carboxylic acids is 1. The summed E-state index contributed by atoms with van der Waals surface area (Å²) in [6.45, 7) is 4.22. The number of anilines is 2. The third kappa shape index (κ3) is 3.64. The summed E-state index contributed by atoms with van der Waals surface area (Å²) in [7, 11) is 1.87. The van der Waals surface area contributed by atoms with Gasteiger partial charge in [0, 0.05) is 39.3 Å². The summed E-state index contributed by atoms with van der Waals surface area (Å²) in [5.74, 6) is 2.08. The van der Waals surface area contributed by atoms with Gasteiger partial charge in [-0.3, -0.25) is 4.79 Å². The highest BCUT2D eigenvalue weighted by molar-refractivity contribution is 5.82. The molecule has 0 unspecified atom stereocenters. The van der Waals surface area contributed by atoms with Crippen molar-refractivity contribution in [1.29, 1.82) is 0 Å². The fraction of sp³-hybridized carbons (Fsp3) is 0.750. The number of piperidine rings is 1. The normalized spacial score (nSPS) is 24.0. The van der Waals surface area contributed by atoms with Crippen LogP contribution in [0.2, 0.25) is 0 Å². The second-order valence-corrected chi connectivity index (χ2v) is 8.41. The quantitative estimate of drug-likeness (QED) is 0.814. The molecule has 2 saturated heterocycles. The first-order chi connectivity index (χ1) is 12.7.